The lowest BCUT2D eigenvalue weighted by molar-refractivity contribution is -0.130. The minimum Gasteiger partial charge on any atom is -0.389 e. The lowest BCUT2D eigenvalue weighted by atomic mass is 10.00. The third-order valence-electron chi connectivity index (χ3n) is 4.74. The first-order valence-electron chi connectivity index (χ1n) is 8.22. The van der Waals surface area contributed by atoms with E-state index in [2.05, 4.69) is 15.3 Å². The Morgan fingerprint density at radius 1 is 1.21 bits per heavy atom. The molecule has 1 aromatic heterocycles. The highest BCUT2D eigenvalue weighted by Gasteiger charge is 2.47. The number of likely N-dealkylation sites (tertiary alicyclic amines) is 2. The van der Waals surface area contributed by atoms with Crippen LogP contribution >= 0.6 is 0 Å². The quantitative estimate of drug-likeness (QED) is 0.756. The van der Waals surface area contributed by atoms with Crippen LogP contribution in [0.15, 0.2) is 9.68 Å². The molecular formula is C15H19N5O4. The van der Waals surface area contributed by atoms with Gasteiger partial charge in [0.05, 0.1) is 12.5 Å². The number of rotatable bonds is 3. The molecule has 4 rings (SSSR count). The third-order valence-corrected chi connectivity index (χ3v) is 4.74. The van der Waals surface area contributed by atoms with Crippen molar-refractivity contribution in [2.75, 3.05) is 26.2 Å². The van der Waals surface area contributed by atoms with Crippen molar-refractivity contribution < 1.29 is 18.9 Å². The molecule has 2 amide bonds. The number of carbonyl (C=O) groups is 2. The summed E-state index contributed by atoms with van der Waals surface area (Å²) >= 11 is 0. The Kier molecular flexibility index (Phi) is 3.70. The first-order chi connectivity index (χ1) is 11.6. The van der Waals surface area contributed by atoms with Crippen molar-refractivity contribution in [3.05, 3.63) is 11.7 Å². The van der Waals surface area contributed by atoms with Crippen LogP contribution in [0.1, 0.15) is 24.6 Å². The Balaban J connectivity index is 1.39. The summed E-state index contributed by atoms with van der Waals surface area (Å²) in [5, 5.41) is 7.67. The molecule has 128 valence electrons. The van der Waals surface area contributed by atoms with Crippen LogP contribution < -0.4 is 0 Å². The van der Waals surface area contributed by atoms with Crippen molar-refractivity contribution in [2.24, 2.45) is 11.1 Å². The molecule has 0 saturated carbocycles. The van der Waals surface area contributed by atoms with Crippen molar-refractivity contribution in [1.29, 1.82) is 0 Å². The monoisotopic (exact) mass is 333 g/mol. The van der Waals surface area contributed by atoms with Gasteiger partial charge in [-0.05, 0) is 19.8 Å². The summed E-state index contributed by atoms with van der Waals surface area (Å²) in [4.78, 5) is 37.9. The van der Waals surface area contributed by atoms with E-state index in [0.29, 0.717) is 30.5 Å². The Hall–Kier alpha value is -2.45. The molecule has 0 aromatic carbocycles. The van der Waals surface area contributed by atoms with Gasteiger partial charge in [-0.3, -0.25) is 9.59 Å². The van der Waals surface area contributed by atoms with Gasteiger partial charge >= 0.3 is 0 Å². The topological polar surface area (TPSA) is 101 Å². The Labute approximate surface area is 138 Å². The number of nitrogens with zero attached hydrogens (tertiary/aromatic N) is 5. The molecule has 4 heterocycles. The van der Waals surface area contributed by atoms with Crippen molar-refractivity contribution in [3.8, 4) is 0 Å². The van der Waals surface area contributed by atoms with Crippen LogP contribution in [-0.4, -0.2) is 69.7 Å². The first kappa shape index (κ1) is 15.1. The van der Waals surface area contributed by atoms with E-state index in [1.54, 1.807) is 11.8 Å². The molecule has 9 heteroatoms. The molecule has 0 bridgehead atoms. The summed E-state index contributed by atoms with van der Waals surface area (Å²) < 4.78 is 4.99. The van der Waals surface area contributed by atoms with Crippen LogP contribution in [0, 0.1) is 12.8 Å². The molecule has 24 heavy (non-hydrogen) atoms. The highest BCUT2D eigenvalue weighted by Crippen LogP contribution is 2.29. The van der Waals surface area contributed by atoms with Gasteiger partial charge in [0.15, 0.2) is 17.6 Å². The molecular weight excluding hydrogens is 314 g/mol. The zero-order valence-corrected chi connectivity index (χ0v) is 13.5. The first-order valence-corrected chi connectivity index (χ1v) is 8.22. The van der Waals surface area contributed by atoms with Crippen LogP contribution in [0.3, 0.4) is 0 Å². The fraction of sp³-hybridized carbons (Fsp3) is 0.667. The van der Waals surface area contributed by atoms with E-state index in [4.69, 9.17) is 9.36 Å². The molecule has 0 spiro atoms. The Bertz CT molecular complexity index is 694. The summed E-state index contributed by atoms with van der Waals surface area (Å²) in [7, 11) is 0. The Morgan fingerprint density at radius 2 is 2.00 bits per heavy atom. The number of hydrogen-bond donors (Lipinski definition) is 0. The smallest absolute Gasteiger partial charge is 0.272 e. The predicted octanol–water partition coefficient (Wildman–Crippen LogP) is -0.244. The summed E-state index contributed by atoms with van der Waals surface area (Å²) in [5.41, 5.74) is 0.450. The largest absolute Gasteiger partial charge is 0.389 e. The van der Waals surface area contributed by atoms with E-state index < -0.39 is 0 Å². The van der Waals surface area contributed by atoms with E-state index in [9.17, 15) is 9.59 Å². The molecule has 9 nitrogen and oxygen atoms in total. The fourth-order valence-electron chi connectivity index (χ4n) is 3.47. The summed E-state index contributed by atoms with van der Waals surface area (Å²) in [6.07, 6.45) is 1.89. The maximum absolute atomic E-state index is 12.5. The molecule has 2 saturated heterocycles. The highest BCUT2D eigenvalue weighted by atomic mass is 16.6. The second kappa shape index (κ2) is 5.88. The maximum atomic E-state index is 12.5. The van der Waals surface area contributed by atoms with Gasteiger partial charge in [-0.2, -0.15) is 4.98 Å². The van der Waals surface area contributed by atoms with E-state index in [0.717, 1.165) is 25.9 Å². The minimum atomic E-state index is -0.236. The van der Waals surface area contributed by atoms with Crippen molar-refractivity contribution >= 4 is 17.5 Å². The number of hydrogen-bond acceptors (Lipinski definition) is 7. The van der Waals surface area contributed by atoms with Gasteiger partial charge in [0.1, 0.15) is 6.42 Å². The number of aromatic nitrogens is 2. The van der Waals surface area contributed by atoms with E-state index >= 15 is 0 Å². The molecule has 0 radical (unpaired) electrons. The number of aryl methyl sites for hydroxylation is 1. The molecule has 1 aromatic rings. The van der Waals surface area contributed by atoms with E-state index in [1.807, 2.05) is 4.90 Å². The van der Waals surface area contributed by atoms with Crippen molar-refractivity contribution in [3.63, 3.8) is 0 Å². The number of fused-ring (bicyclic) bond motifs is 1. The van der Waals surface area contributed by atoms with Crippen molar-refractivity contribution in [2.45, 2.75) is 32.3 Å². The average Bonchev–Trinajstić information content (AvgIpc) is 3.31. The van der Waals surface area contributed by atoms with Gasteiger partial charge in [-0.1, -0.05) is 10.3 Å². The van der Waals surface area contributed by atoms with Crippen LogP contribution in [-0.2, 0) is 20.8 Å². The van der Waals surface area contributed by atoms with Gasteiger partial charge in [0.25, 0.3) is 5.91 Å². The zero-order valence-electron chi connectivity index (χ0n) is 13.5. The normalized spacial score (nSPS) is 25.6. The van der Waals surface area contributed by atoms with Crippen LogP contribution in [0.5, 0.6) is 0 Å². The minimum absolute atomic E-state index is 0.0539. The van der Waals surface area contributed by atoms with Crippen LogP contribution in [0.4, 0.5) is 0 Å². The van der Waals surface area contributed by atoms with Gasteiger partial charge in [0.2, 0.25) is 11.8 Å². The summed E-state index contributed by atoms with van der Waals surface area (Å²) in [5.74, 6) is 0.500. The number of carbonyl (C=O) groups excluding carboxylic acids is 2. The van der Waals surface area contributed by atoms with Gasteiger partial charge in [-0.25, -0.2) is 0 Å². The Morgan fingerprint density at radius 3 is 2.71 bits per heavy atom. The zero-order chi connectivity index (χ0) is 16.7. The summed E-state index contributed by atoms with van der Waals surface area (Å²) in [6, 6.07) is 0. The number of amides is 2. The predicted molar refractivity (Wildman–Crippen MR) is 80.9 cm³/mol. The maximum Gasteiger partial charge on any atom is 0.272 e. The molecule has 3 aliphatic heterocycles. The van der Waals surface area contributed by atoms with Crippen LogP contribution in [0.25, 0.3) is 0 Å². The molecule has 0 aliphatic carbocycles. The van der Waals surface area contributed by atoms with Crippen molar-refractivity contribution in [1.82, 2.24) is 19.9 Å². The molecule has 2 atom stereocenters. The second-order valence-electron chi connectivity index (χ2n) is 6.44. The SMILES string of the molecule is Cc1noc(CC(=O)N2C[C@@H]3C(C(=O)N4CCCC4)=NO[C@@H]3C2)n1. The second-order valence-corrected chi connectivity index (χ2v) is 6.44. The molecule has 2 fully saturated rings. The van der Waals surface area contributed by atoms with Gasteiger partial charge < -0.3 is 19.2 Å². The van der Waals surface area contributed by atoms with E-state index in [-0.39, 0.29) is 30.3 Å². The van der Waals surface area contributed by atoms with Gasteiger partial charge in [0, 0.05) is 19.6 Å². The standard InChI is InChI=1S/C15H19N5O4/c1-9-16-12(24-17-9)6-13(21)20-7-10-11(8-20)23-18-14(10)15(22)19-4-2-3-5-19/h10-11H,2-8H2,1H3/t10-,11+/m0/s1. The molecule has 3 aliphatic rings. The number of oxime groups is 1. The molecule has 0 unspecified atom stereocenters. The van der Waals surface area contributed by atoms with E-state index in [1.165, 1.54) is 0 Å². The van der Waals surface area contributed by atoms with Crippen LogP contribution in [0.2, 0.25) is 0 Å². The lowest BCUT2D eigenvalue weighted by Gasteiger charge is -2.18. The average molecular weight is 333 g/mol. The third kappa shape index (κ3) is 2.63. The van der Waals surface area contributed by atoms with Gasteiger partial charge in [-0.15, -0.1) is 0 Å². The lowest BCUT2D eigenvalue weighted by Crippen LogP contribution is -2.39. The molecule has 0 N–H and O–H groups in total. The highest BCUT2D eigenvalue weighted by molar-refractivity contribution is 6.40. The fourth-order valence-corrected chi connectivity index (χ4v) is 3.47. The summed E-state index contributed by atoms with van der Waals surface area (Å²) in [6.45, 7) is 4.12.